The molecule has 0 N–H and O–H groups in total. The molecule has 3 rings (SSSR count). The van der Waals surface area contributed by atoms with Gasteiger partial charge in [0.2, 0.25) is 11.8 Å². The predicted octanol–water partition coefficient (Wildman–Crippen LogP) is 3.36. The standard InChI is InChI=1S/C20H21ClN2O3/c1-22(12-14-5-3-4-6-18(14)26-2)20(25)15-11-19(24)23(13-15)17-9-7-16(21)8-10-17/h3-10,15H,11-13H2,1-2H3. The Morgan fingerprint density at radius 2 is 1.92 bits per heavy atom. The summed E-state index contributed by atoms with van der Waals surface area (Å²) in [6.45, 7) is 0.823. The molecular formula is C20H21ClN2O3. The molecule has 1 fully saturated rings. The van der Waals surface area contributed by atoms with E-state index in [0.717, 1.165) is 17.0 Å². The average molecular weight is 373 g/mol. The van der Waals surface area contributed by atoms with Crippen LogP contribution in [0.1, 0.15) is 12.0 Å². The van der Waals surface area contributed by atoms with Crippen LogP contribution in [0.2, 0.25) is 5.02 Å². The van der Waals surface area contributed by atoms with Crippen LogP contribution in [0.25, 0.3) is 0 Å². The number of hydrogen-bond donors (Lipinski definition) is 0. The zero-order chi connectivity index (χ0) is 18.7. The summed E-state index contributed by atoms with van der Waals surface area (Å²) in [5.41, 5.74) is 1.70. The molecule has 0 saturated carbocycles. The smallest absolute Gasteiger partial charge is 0.228 e. The Kier molecular flexibility index (Phi) is 5.47. The molecule has 5 nitrogen and oxygen atoms in total. The van der Waals surface area contributed by atoms with E-state index in [1.54, 1.807) is 48.2 Å². The Bertz CT molecular complexity index is 807. The Hall–Kier alpha value is -2.53. The quantitative estimate of drug-likeness (QED) is 0.808. The third-order valence-electron chi connectivity index (χ3n) is 4.59. The molecule has 1 aliphatic rings. The second-order valence-electron chi connectivity index (χ2n) is 6.39. The van der Waals surface area contributed by atoms with E-state index in [9.17, 15) is 9.59 Å². The van der Waals surface area contributed by atoms with Gasteiger partial charge in [-0.15, -0.1) is 0 Å². The van der Waals surface area contributed by atoms with Crippen LogP contribution in [0.3, 0.4) is 0 Å². The fourth-order valence-electron chi connectivity index (χ4n) is 3.22. The van der Waals surface area contributed by atoms with Crippen molar-refractivity contribution in [2.75, 3.05) is 25.6 Å². The van der Waals surface area contributed by atoms with Gasteiger partial charge >= 0.3 is 0 Å². The topological polar surface area (TPSA) is 49.9 Å². The lowest BCUT2D eigenvalue weighted by molar-refractivity contribution is -0.135. The first kappa shape index (κ1) is 18.3. The number of hydrogen-bond acceptors (Lipinski definition) is 3. The molecule has 0 bridgehead atoms. The summed E-state index contributed by atoms with van der Waals surface area (Å²) in [4.78, 5) is 28.5. The van der Waals surface area contributed by atoms with Gasteiger partial charge in [-0.05, 0) is 30.3 Å². The summed E-state index contributed by atoms with van der Waals surface area (Å²) in [5.74, 6) is 0.312. The number of para-hydroxylation sites is 1. The molecular weight excluding hydrogens is 352 g/mol. The van der Waals surface area contributed by atoms with Crippen molar-refractivity contribution in [2.24, 2.45) is 5.92 Å². The number of benzene rings is 2. The van der Waals surface area contributed by atoms with E-state index in [1.807, 2.05) is 24.3 Å². The molecule has 26 heavy (non-hydrogen) atoms. The molecule has 1 heterocycles. The van der Waals surface area contributed by atoms with Crippen molar-refractivity contribution < 1.29 is 14.3 Å². The lowest BCUT2D eigenvalue weighted by Gasteiger charge is -2.22. The van der Waals surface area contributed by atoms with Crippen LogP contribution < -0.4 is 9.64 Å². The van der Waals surface area contributed by atoms with E-state index in [-0.39, 0.29) is 24.2 Å². The molecule has 2 aromatic carbocycles. The zero-order valence-electron chi connectivity index (χ0n) is 14.8. The highest BCUT2D eigenvalue weighted by Crippen LogP contribution is 2.28. The molecule has 6 heteroatoms. The van der Waals surface area contributed by atoms with Gasteiger partial charge in [-0.3, -0.25) is 9.59 Å². The highest BCUT2D eigenvalue weighted by atomic mass is 35.5. The van der Waals surface area contributed by atoms with Crippen LogP contribution in [-0.2, 0) is 16.1 Å². The minimum Gasteiger partial charge on any atom is -0.496 e. The molecule has 1 atom stereocenters. The highest BCUT2D eigenvalue weighted by molar-refractivity contribution is 6.30. The first-order chi connectivity index (χ1) is 12.5. The van der Waals surface area contributed by atoms with Crippen LogP contribution in [0.15, 0.2) is 48.5 Å². The lowest BCUT2D eigenvalue weighted by atomic mass is 10.1. The number of anilines is 1. The number of halogens is 1. The minimum absolute atomic E-state index is 0.0410. The molecule has 2 amide bonds. The second-order valence-corrected chi connectivity index (χ2v) is 6.82. The Morgan fingerprint density at radius 1 is 1.23 bits per heavy atom. The first-order valence-corrected chi connectivity index (χ1v) is 8.80. The normalized spacial score (nSPS) is 16.7. The highest BCUT2D eigenvalue weighted by Gasteiger charge is 2.36. The van der Waals surface area contributed by atoms with E-state index >= 15 is 0 Å². The molecule has 0 aromatic heterocycles. The van der Waals surface area contributed by atoms with E-state index in [1.165, 1.54) is 0 Å². The predicted molar refractivity (Wildman–Crippen MR) is 101 cm³/mol. The van der Waals surface area contributed by atoms with Gasteiger partial charge in [0.15, 0.2) is 0 Å². The average Bonchev–Trinajstić information content (AvgIpc) is 3.03. The summed E-state index contributed by atoms with van der Waals surface area (Å²) < 4.78 is 5.34. The summed E-state index contributed by atoms with van der Waals surface area (Å²) in [7, 11) is 3.37. The Labute approximate surface area is 158 Å². The Balaban J connectivity index is 1.68. The number of carbonyl (C=O) groups excluding carboxylic acids is 2. The maximum Gasteiger partial charge on any atom is 0.228 e. The van der Waals surface area contributed by atoms with Gasteiger partial charge in [-0.25, -0.2) is 0 Å². The van der Waals surface area contributed by atoms with Crippen molar-refractivity contribution in [1.82, 2.24) is 4.90 Å². The number of methoxy groups -OCH3 is 1. The van der Waals surface area contributed by atoms with Gasteiger partial charge in [0, 0.05) is 42.8 Å². The second kappa shape index (κ2) is 7.79. The zero-order valence-corrected chi connectivity index (χ0v) is 15.6. The van der Waals surface area contributed by atoms with Gasteiger partial charge in [0.05, 0.1) is 13.0 Å². The monoisotopic (exact) mass is 372 g/mol. The Morgan fingerprint density at radius 3 is 2.62 bits per heavy atom. The molecule has 2 aromatic rings. The van der Waals surface area contributed by atoms with Gasteiger partial charge in [-0.1, -0.05) is 29.8 Å². The van der Waals surface area contributed by atoms with Crippen molar-refractivity contribution in [3.63, 3.8) is 0 Å². The fraction of sp³-hybridized carbons (Fsp3) is 0.300. The van der Waals surface area contributed by atoms with Crippen molar-refractivity contribution in [2.45, 2.75) is 13.0 Å². The van der Waals surface area contributed by atoms with E-state index in [0.29, 0.717) is 18.1 Å². The molecule has 1 aliphatic heterocycles. The molecule has 136 valence electrons. The number of ether oxygens (including phenoxy) is 1. The lowest BCUT2D eigenvalue weighted by Crippen LogP contribution is -2.34. The summed E-state index contributed by atoms with van der Waals surface area (Å²) in [6.07, 6.45) is 0.220. The first-order valence-electron chi connectivity index (χ1n) is 8.42. The SMILES string of the molecule is COc1ccccc1CN(C)C(=O)C1CC(=O)N(c2ccc(Cl)cc2)C1. The van der Waals surface area contributed by atoms with Crippen LogP contribution >= 0.6 is 11.6 Å². The molecule has 1 saturated heterocycles. The summed E-state index contributed by atoms with van der Waals surface area (Å²) >= 11 is 5.90. The largest absolute Gasteiger partial charge is 0.496 e. The van der Waals surface area contributed by atoms with Crippen molar-refractivity contribution >= 4 is 29.1 Å². The molecule has 1 unspecified atom stereocenters. The van der Waals surface area contributed by atoms with Crippen LogP contribution in [0, 0.1) is 5.92 Å². The number of amides is 2. The van der Waals surface area contributed by atoms with Crippen LogP contribution in [0.4, 0.5) is 5.69 Å². The summed E-state index contributed by atoms with van der Waals surface area (Å²) in [6, 6.07) is 14.7. The number of carbonyl (C=O) groups is 2. The molecule has 0 aliphatic carbocycles. The van der Waals surface area contributed by atoms with E-state index in [4.69, 9.17) is 16.3 Å². The van der Waals surface area contributed by atoms with Crippen molar-refractivity contribution in [3.8, 4) is 5.75 Å². The van der Waals surface area contributed by atoms with Crippen LogP contribution in [-0.4, -0.2) is 37.4 Å². The van der Waals surface area contributed by atoms with Gasteiger partial charge < -0.3 is 14.5 Å². The number of nitrogens with zero attached hydrogens (tertiary/aromatic N) is 2. The van der Waals surface area contributed by atoms with Crippen molar-refractivity contribution in [1.29, 1.82) is 0 Å². The van der Waals surface area contributed by atoms with Gasteiger partial charge in [0.1, 0.15) is 5.75 Å². The van der Waals surface area contributed by atoms with E-state index < -0.39 is 0 Å². The minimum atomic E-state index is -0.349. The fourth-order valence-corrected chi connectivity index (χ4v) is 3.35. The maximum atomic E-state index is 12.8. The van der Waals surface area contributed by atoms with Gasteiger partial charge in [-0.2, -0.15) is 0 Å². The summed E-state index contributed by atoms with van der Waals surface area (Å²) in [5, 5.41) is 0.615. The van der Waals surface area contributed by atoms with E-state index in [2.05, 4.69) is 0 Å². The van der Waals surface area contributed by atoms with Gasteiger partial charge in [0.25, 0.3) is 0 Å². The molecule has 0 spiro atoms. The third-order valence-corrected chi connectivity index (χ3v) is 4.84. The third kappa shape index (κ3) is 3.83. The maximum absolute atomic E-state index is 12.8. The van der Waals surface area contributed by atoms with Crippen LogP contribution in [0.5, 0.6) is 5.75 Å². The molecule has 0 radical (unpaired) electrons. The van der Waals surface area contributed by atoms with Crippen molar-refractivity contribution in [3.05, 3.63) is 59.1 Å². The number of rotatable bonds is 5.